The maximum Gasteiger partial charge on any atom is 0.165 e. The van der Waals surface area contributed by atoms with E-state index in [-0.39, 0.29) is 0 Å². The first kappa shape index (κ1) is 19.3. The van der Waals surface area contributed by atoms with Gasteiger partial charge in [0.05, 0.1) is 12.4 Å². The van der Waals surface area contributed by atoms with Gasteiger partial charge < -0.3 is 19.8 Å². The highest BCUT2D eigenvalue weighted by Crippen LogP contribution is 2.26. The van der Waals surface area contributed by atoms with Crippen molar-refractivity contribution in [2.24, 2.45) is 0 Å². The molecule has 0 bridgehead atoms. The van der Waals surface area contributed by atoms with E-state index in [0.29, 0.717) is 24.0 Å². The Morgan fingerprint density at radius 1 is 0.935 bits per heavy atom. The largest absolute Gasteiger partial charge is 0.492 e. The number of likely N-dealkylation sites (tertiary alicyclic amines) is 1. The molecule has 0 amide bonds. The lowest BCUT2D eigenvalue weighted by Gasteiger charge is -2.17. The van der Waals surface area contributed by atoms with Crippen LogP contribution in [0, 0.1) is 0 Å². The van der Waals surface area contributed by atoms with Crippen molar-refractivity contribution in [2.45, 2.75) is 12.5 Å². The average Bonchev–Trinajstić information content (AvgIpc) is 3.43. The van der Waals surface area contributed by atoms with Crippen LogP contribution in [0.5, 0.6) is 17.2 Å². The molecule has 1 atom stereocenters. The van der Waals surface area contributed by atoms with Gasteiger partial charge in [-0.2, -0.15) is 0 Å². The highest BCUT2D eigenvalue weighted by molar-refractivity contribution is 5.81. The molecule has 8 nitrogen and oxygen atoms in total. The summed E-state index contributed by atoms with van der Waals surface area (Å²) in [6, 6.07) is 17.8. The number of rotatable bonds is 7. The lowest BCUT2D eigenvalue weighted by molar-refractivity contribution is 0.233. The first-order chi connectivity index (χ1) is 15.3. The SMILES string of the molecule is Nc1ncnc2c1ncn2C1CCN(CCOc2ccc(Oc3ccccc3)cc2)C1. The number of hydrogen-bond acceptors (Lipinski definition) is 7. The summed E-state index contributed by atoms with van der Waals surface area (Å²) < 4.78 is 13.9. The molecule has 1 unspecified atom stereocenters. The summed E-state index contributed by atoms with van der Waals surface area (Å²) in [5, 5.41) is 0. The molecule has 2 aromatic heterocycles. The summed E-state index contributed by atoms with van der Waals surface area (Å²) in [6.45, 7) is 3.44. The monoisotopic (exact) mass is 416 g/mol. The van der Waals surface area contributed by atoms with Gasteiger partial charge in [-0.25, -0.2) is 15.0 Å². The maximum absolute atomic E-state index is 5.93. The van der Waals surface area contributed by atoms with Crippen molar-refractivity contribution in [3.8, 4) is 17.2 Å². The molecule has 8 heteroatoms. The topological polar surface area (TPSA) is 91.3 Å². The lowest BCUT2D eigenvalue weighted by atomic mass is 10.2. The molecule has 0 aliphatic carbocycles. The third-order valence-electron chi connectivity index (χ3n) is 5.51. The molecule has 4 aromatic rings. The number of aromatic nitrogens is 4. The number of anilines is 1. The molecule has 1 aliphatic heterocycles. The molecule has 0 radical (unpaired) electrons. The molecule has 5 rings (SSSR count). The molecule has 0 spiro atoms. The van der Waals surface area contributed by atoms with Crippen LogP contribution in [-0.4, -0.2) is 50.7 Å². The molecule has 1 saturated heterocycles. The van der Waals surface area contributed by atoms with Crippen LogP contribution in [0.3, 0.4) is 0 Å². The normalized spacial score (nSPS) is 16.6. The Kier molecular flexibility index (Phi) is 5.37. The van der Waals surface area contributed by atoms with E-state index in [9.17, 15) is 0 Å². The van der Waals surface area contributed by atoms with Gasteiger partial charge in [-0.3, -0.25) is 4.90 Å². The van der Waals surface area contributed by atoms with Crippen LogP contribution < -0.4 is 15.2 Å². The van der Waals surface area contributed by atoms with E-state index in [1.54, 1.807) is 0 Å². The Balaban J connectivity index is 1.12. The van der Waals surface area contributed by atoms with Gasteiger partial charge in [0.25, 0.3) is 0 Å². The van der Waals surface area contributed by atoms with Gasteiger partial charge >= 0.3 is 0 Å². The van der Waals surface area contributed by atoms with Crippen LogP contribution in [0.1, 0.15) is 12.5 Å². The second kappa shape index (κ2) is 8.61. The molecular formula is C23H24N6O2. The predicted octanol–water partition coefficient (Wildman–Crippen LogP) is 3.53. The highest BCUT2D eigenvalue weighted by atomic mass is 16.5. The van der Waals surface area contributed by atoms with Gasteiger partial charge in [-0.05, 0) is 42.8 Å². The van der Waals surface area contributed by atoms with Crippen LogP contribution in [0.2, 0.25) is 0 Å². The lowest BCUT2D eigenvalue weighted by Crippen LogP contribution is -2.26. The number of para-hydroxylation sites is 1. The van der Waals surface area contributed by atoms with Crippen molar-refractivity contribution in [1.82, 2.24) is 24.4 Å². The molecule has 0 saturated carbocycles. The molecular weight excluding hydrogens is 392 g/mol. The van der Waals surface area contributed by atoms with Crippen molar-refractivity contribution in [1.29, 1.82) is 0 Å². The standard InChI is InChI=1S/C23H24N6O2/c24-22-21-23(26-15-25-22)29(16-27-21)17-10-11-28(14-17)12-13-30-18-6-8-20(9-7-18)31-19-4-2-1-3-5-19/h1-9,15-17H,10-14H2,(H2,24,25,26). The zero-order valence-corrected chi connectivity index (χ0v) is 17.1. The van der Waals surface area contributed by atoms with Crippen molar-refractivity contribution in [3.63, 3.8) is 0 Å². The van der Waals surface area contributed by atoms with E-state index in [0.717, 1.165) is 49.0 Å². The van der Waals surface area contributed by atoms with E-state index >= 15 is 0 Å². The van der Waals surface area contributed by atoms with Crippen molar-refractivity contribution >= 4 is 17.0 Å². The molecule has 1 fully saturated rings. The molecule has 158 valence electrons. The second-order valence-corrected chi connectivity index (χ2v) is 7.56. The smallest absolute Gasteiger partial charge is 0.165 e. The highest BCUT2D eigenvalue weighted by Gasteiger charge is 2.25. The van der Waals surface area contributed by atoms with Crippen molar-refractivity contribution in [3.05, 3.63) is 67.3 Å². The van der Waals surface area contributed by atoms with E-state index in [1.807, 2.05) is 60.9 Å². The van der Waals surface area contributed by atoms with E-state index in [2.05, 4.69) is 24.4 Å². The van der Waals surface area contributed by atoms with Gasteiger partial charge in [0.2, 0.25) is 0 Å². The van der Waals surface area contributed by atoms with Gasteiger partial charge in [-0.1, -0.05) is 18.2 Å². The number of nitrogens with zero attached hydrogens (tertiary/aromatic N) is 5. The summed E-state index contributed by atoms with van der Waals surface area (Å²) in [4.78, 5) is 15.2. The third-order valence-corrected chi connectivity index (χ3v) is 5.51. The Labute approximate surface area is 180 Å². The first-order valence-electron chi connectivity index (χ1n) is 10.4. The van der Waals surface area contributed by atoms with E-state index < -0.39 is 0 Å². The zero-order chi connectivity index (χ0) is 21.0. The minimum absolute atomic E-state index is 0.328. The third kappa shape index (κ3) is 4.29. The number of imidazole rings is 1. The summed E-state index contributed by atoms with van der Waals surface area (Å²) in [5.41, 5.74) is 7.37. The van der Waals surface area contributed by atoms with Gasteiger partial charge in [0.1, 0.15) is 35.7 Å². The minimum atomic E-state index is 0.328. The number of benzene rings is 2. The molecule has 3 heterocycles. The number of nitrogens with two attached hydrogens (primary N) is 1. The van der Waals surface area contributed by atoms with Crippen molar-refractivity contribution in [2.75, 3.05) is 32.0 Å². The second-order valence-electron chi connectivity index (χ2n) is 7.56. The Hall–Kier alpha value is -3.65. The fraction of sp³-hybridized carbons (Fsp3) is 0.261. The first-order valence-corrected chi connectivity index (χ1v) is 10.4. The summed E-state index contributed by atoms with van der Waals surface area (Å²) in [5.74, 6) is 2.87. The van der Waals surface area contributed by atoms with Crippen LogP contribution in [-0.2, 0) is 0 Å². The number of ether oxygens (including phenoxy) is 2. The number of nitrogen functional groups attached to an aromatic ring is 1. The van der Waals surface area contributed by atoms with Crippen LogP contribution in [0.4, 0.5) is 5.82 Å². The Morgan fingerprint density at radius 3 is 2.55 bits per heavy atom. The minimum Gasteiger partial charge on any atom is -0.492 e. The Morgan fingerprint density at radius 2 is 1.71 bits per heavy atom. The van der Waals surface area contributed by atoms with Gasteiger partial charge in [-0.15, -0.1) is 0 Å². The summed E-state index contributed by atoms with van der Waals surface area (Å²) >= 11 is 0. The molecule has 2 aromatic carbocycles. The predicted molar refractivity (Wildman–Crippen MR) is 118 cm³/mol. The van der Waals surface area contributed by atoms with Crippen LogP contribution >= 0.6 is 0 Å². The number of fused-ring (bicyclic) bond motifs is 1. The Bertz CT molecular complexity index is 1150. The molecule has 1 aliphatic rings. The van der Waals surface area contributed by atoms with Crippen LogP contribution in [0.15, 0.2) is 67.3 Å². The fourth-order valence-electron chi connectivity index (χ4n) is 3.90. The maximum atomic E-state index is 5.93. The van der Waals surface area contributed by atoms with E-state index in [4.69, 9.17) is 15.2 Å². The average molecular weight is 416 g/mol. The van der Waals surface area contributed by atoms with Gasteiger partial charge in [0.15, 0.2) is 11.5 Å². The molecule has 31 heavy (non-hydrogen) atoms. The van der Waals surface area contributed by atoms with Crippen molar-refractivity contribution < 1.29 is 9.47 Å². The summed E-state index contributed by atoms with van der Waals surface area (Å²) in [7, 11) is 0. The van der Waals surface area contributed by atoms with Gasteiger partial charge in [0, 0.05) is 19.6 Å². The quantitative estimate of drug-likeness (QED) is 0.493. The molecule has 2 N–H and O–H groups in total. The van der Waals surface area contributed by atoms with Crippen LogP contribution in [0.25, 0.3) is 11.2 Å². The van der Waals surface area contributed by atoms with E-state index in [1.165, 1.54) is 6.33 Å². The number of hydrogen-bond donors (Lipinski definition) is 1. The zero-order valence-electron chi connectivity index (χ0n) is 17.1. The summed E-state index contributed by atoms with van der Waals surface area (Å²) in [6.07, 6.45) is 4.35. The fourth-order valence-corrected chi connectivity index (χ4v) is 3.90.